The molecule has 0 radical (unpaired) electrons. The zero-order valence-electron chi connectivity index (χ0n) is 18.0. The molecule has 3 aromatic rings. The van der Waals surface area contributed by atoms with Crippen LogP contribution in [0.15, 0.2) is 83.5 Å². The maximum absolute atomic E-state index is 13.3. The lowest BCUT2D eigenvalue weighted by molar-refractivity contribution is -0.121. The van der Waals surface area contributed by atoms with Crippen molar-refractivity contribution in [3.63, 3.8) is 0 Å². The van der Waals surface area contributed by atoms with E-state index in [0.29, 0.717) is 23.0 Å². The summed E-state index contributed by atoms with van der Waals surface area (Å²) in [7, 11) is 4.76. The Hall–Kier alpha value is -4.26. The lowest BCUT2D eigenvalue weighted by Crippen LogP contribution is -2.37. The first-order valence-electron chi connectivity index (χ1n) is 9.96. The van der Waals surface area contributed by atoms with Gasteiger partial charge in [0.2, 0.25) is 0 Å². The second-order valence-corrected chi connectivity index (χ2v) is 6.93. The molecule has 3 aromatic carbocycles. The van der Waals surface area contributed by atoms with E-state index in [9.17, 15) is 4.79 Å². The van der Waals surface area contributed by atoms with Crippen LogP contribution in [-0.4, -0.2) is 38.1 Å². The molecule has 7 nitrogen and oxygen atoms in total. The fraction of sp³-hybridized carbons (Fsp3) is 0.120. The van der Waals surface area contributed by atoms with Crippen molar-refractivity contribution < 1.29 is 19.0 Å². The van der Waals surface area contributed by atoms with E-state index in [1.165, 1.54) is 5.01 Å². The highest BCUT2D eigenvalue weighted by Gasteiger charge is 2.31. The molecule has 0 bridgehead atoms. The molecule has 0 saturated carbocycles. The summed E-state index contributed by atoms with van der Waals surface area (Å²) in [6.07, 6.45) is 1.72. The number of nitrogens with one attached hydrogen (secondary N) is 1. The summed E-state index contributed by atoms with van der Waals surface area (Å²) in [6, 6.07) is 22.3. The molecule has 1 aliphatic heterocycles. The molecule has 4 rings (SSSR count). The van der Waals surface area contributed by atoms with Gasteiger partial charge in [-0.3, -0.25) is 10.2 Å². The van der Waals surface area contributed by atoms with Gasteiger partial charge in [0.15, 0.2) is 17.3 Å². The zero-order chi connectivity index (χ0) is 22.5. The average molecular weight is 429 g/mol. The molecular weight excluding hydrogens is 406 g/mol. The molecule has 0 saturated heterocycles. The summed E-state index contributed by atoms with van der Waals surface area (Å²) in [5.74, 6) is 2.14. The molecule has 1 N–H and O–H groups in total. The third-order valence-electron chi connectivity index (χ3n) is 4.93. The summed E-state index contributed by atoms with van der Waals surface area (Å²) in [4.78, 5) is 17.9. The molecule has 0 spiro atoms. The van der Waals surface area contributed by atoms with Crippen molar-refractivity contribution in [2.45, 2.75) is 0 Å². The van der Waals surface area contributed by atoms with E-state index in [4.69, 9.17) is 14.2 Å². The first kappa shape index (κ1) is 21.0. The van der Waals surface area contributed by atoms with Gasteiger partial charge < -0.3 is 14.2 Å². The number of anilines is 1. The Balaban J connectivity index is 1.73. The monoisotopic (exact) mass is 429 g/mol. The van der Waals surface area contributed by atoms with Crippen molar-refractivity contribution >= 4 is 23.5 Å². The van der Waals surface area contributed by atoms with Gasteiger partial charge in [0.05, 0.1) is 27.0 Å². The zero-order valence-corrected chi connectivity index (χ0v) is 18.0. The van der Waals surface area contributed by atoms with Crippen LogP contribution in [-0.2, 0) is 4.79 Å². The highest BCUT2D eigenvalue weighted by atomic mass is 16.5. The Morgan fingerprint density at radius 3 is 2.22 bits per heavy atom. The Bertz CT molecular complexity index is 1170. The van der Waals surface area contributed by atoms with Gasteiger partial charge in [0.25, 0.3) is 5.91 Å². The highest BCUT2D eigenvalue weighted by molar-refractivity contribution is 6.20. The molecule has 162 valence electrons. The second kappa shape index (κ2) is 9.26. The number of aliphatic imine (C=N–C) groups is 1. The minimum atomic E-state index is -0.269. The predicted molar refractivity (Wildman–Crippen MR) is 124 cm³/mol. The minimum Gasteiger partial charge on any atom is -0.497 e. The van der Waals surface area contributed by atoms with E-state index < -0.39 is 0 Å². The molecular formula is C25H23N3O4. The summed E-state index contributed by atoms with van der Waals surface area (Å²) >= 11 is 0. The van der Waals surface area contributed by atoms with Gasteiger partial charge in [-0.2, -0.15) is 5.01 Å². The number of amides is 1. The van der Waals surface area contributed by atoms with Gasteiger partial charge in [-0.1, -0.05) is 24.3 Å². The molecule has 7 heteroatoms. The standard InChI is InChI=1S/C25H23N3O4/c1-30-20-12-10-18(11-13-20)24-26-21(15-17-9-14-22(31-2)23(16-17)32-3)25(29)28(24)27-19-7-5-4-6-8-19/h4-16,27H,1-3H3. The Labute approximate surface area is 186 Å². The minimum absolute atomic E-state index is 0.269. The van der Waals surface area contributed by atoms with Crippen molar-refractivity contribution in [1.82, 2.24) is 5.01 Å². The van der Waals surface area contributed by atoms with Crippen LogP contribution in [0.4, 0.5) is 5.69 Å². The summed E-state index contributed by atoms with van der Waals surface area (Å²) in [5, 5.41) is 1.45. The van der Waals surface area contributed by atoms with Gasteiger partial charge in [0, 0.05) is 5.56 Å². The number of methoxy groups -OCH3 is 3. The van der Waals surface area contributed by atoms with E-state index in [1.54, 1.807) is 39.5 Å². The molecule has 32 heavy (non-hydrogen) atoms. The maximum Gasteiger partial charge on any atom is 0.297 e. The van der Waals surface area contributed by atoms with Crippen LogP contribution in [0.5, 0.6) is 17.2 Å². The fourth-order valence-electron chi connectivity index (χ4n) is 3.30. The summed E-state index contributed by atoms with van der Waals surface area (Å²) < 4.78 is 15.9. The van der Waals surface area contributed by atoms with E-state index in [1.807, 2.05) is 60.7 Å². The largest absolute Gasteiger partial charge is 0.497 e. The van der Waals surface area contributed by atoms with Crippen molar-refractivity contribution in [3.8, 4) is 17.2 Å². The molecule has 0 atom stereocenters. The Morgan fingerprint density at radius 2 is 1.56 bits per heavy atom. The third-order valence-corrected chi connectivity index (χ3v) is 4.93. The van der Waals surface area contributed by atoms with Crippen LogP contribution in [0, 0.1) is 0 Å². The number of rotatable bonds is 7. The third kappa shape index (κ3) is 4.27. The van der Waals surface area contributed by atoms with E-state index in [2.05, 4.69) is 10.4 Å². The first-order valence-corrected chi connectivity index (χ1v) is 9.96. The van der Waals surface area contributed by atoms with E-state index in [-0.39, 0.29) is 5.91 Å². The quantitative estimate of drug-likeness (QED) is 0.565. The molecule has 0 aromatic heterocycles. The number of carbonyl (C=O) groups is 1. The normalized spacial score (nSPS) is 14.3. The lowest BCUT2D eigenvalue weighted by Gasteiger charge is -2.20. The molecule has 0 aliphatic carbocycles. The number of benzene rings is 3. The van der Waals surface area contributed by atoms with Gasteiger partial charge in [-0.15, -0.1) is 0 Å². The number of para-hydroxylation sites is 1. The number of amidine groups is 1. The highest BCUT2D eigenvalue weighted by Crippen LogP contribution is 2.30. The van der Waals surface area contributed by atoms with E-state index >= 15 is 0 Å². The van der Waals surface area contributed by atoms with Crippen molar-refractivity contribution in [3.05, 3.63) is 89.6 Å². The molecule has 1 aliphatic rings. The number of hydrogen-bond acceptors (Lipinski definition) is 6. The van der Waals surface area contributed by atoms with Crippen LogP contribution in [0.25, 0.3) is 6.08 Å². The van der Waals surface area contributed by atoms with Gasteiger partial charge >= 0.3 is 0 Å². The Kier molecular flexibility index (Phi) is 6.07. The molecule has 0 fully saturated rings. The second-order valence-electron chi connectivity index (χ2n) is 6.93. The fourth-order valence-corrected chi connectivity index (χ4v) is 3.30. The predicted octanol–water partition coefficient (Wildman–Crippen LogP) is 4.37. The molecule has 0 unspecified atom stereocenters. The number of ether oxygens (including phenoxy) is 3. The molecule has 1 heterocycles. The van der Waals surface area contributed by atoms with Crippen molar-refractivity contribution in [2.75, 3.05) is 26.8 Å². The van der Waals surface area contributed by atoms with Crippen LogP contribution in [0.2, 0.25) is 0 Å². The number of nitrogens with zero attached hydrogens (tertiary/aromatic N) is 2. The summed E-state index contributed by atoms with van der Waals surface area (Å²) in [5.41, 5.74) is 5.78. The lowest BCUT2D eigenvalue weighted by atomic mass is 10.1. The van der Waals surface area contributed by atoms with Crippen LogP contribution >= 0.6 is 0 Å². The number of hydrazine groups is 1. The smallest absolute Gasteiger partial charge is 0.297 e. The van der Waals surface area contributed by atoms with Crippen LogP contribution in [0.3, 0.4) is 0 Å². The molecule has 1 amide bonds. The maximum atomic E-state index is 13.3. The van der Waals surface area contributed by atoms with Gasteiger partial charge in [-0.25, -0.2) is 4.99 Å². The van der Waals surface area contributed by atoms with Crippen LogP contribution < -0.4 is 19.6 Å². The van der Waals surface area contributed by atoms with Crippen LogP contribution in [0.1, 0.15) is 11.1 Å². The number of hydrogen-bond donors (Lipinski definition) is 1. The summed E-state index contributed by atoms with van der Waals surface area (Å²) in [6.45, 7) is 0. The number of carbonyl (C=O) groups excluding carboxylic acids is 1. The van der Waals surface area contributed by atoms with Crippen molar-refractivity contribution in [1.29, 1.82) is 0 Å². The Morgan fingerprint density at radius 1 is 0.844 bits per heavy atom. The average Bonchev–Trinajstić information content (AvgIpc) is 3.14. The first-order chi connectivity index (χ1) is 15.6. The van der Waals surface area contributed by atoms with Crippen molar-refractivity contribution in [2.24, 2.45) is 4.99 Å². The SMILES string of the molecule is COc1ccc(C2=NC(=Cc3ccc(OC)c(OC)c3)C(=O)N2Nc2ccccc2)cc1. The van der Waals surface area contributed by atoms with Gasteiger partial charge in [-0.05, 0) is 60.2 Å². The topological polar surface area (TPSA) is 72.4 Å². The van der Waals surface area contributed by atoms with E-state index in [0.717, 1.165) is 22.6 Å². The van der Waals surface area contributed by atoms with Gasteiger partial charge in [0.1, 0.15) is 11.4 Å².